The van der Waals surface area contributed by atoms with Crippen LogP contribution in [0.25, 0.3) is 0 Å². The van der Waals surface area contributed by atoms with Crippen LogP contribution in [0.5, 0.6) is 0 Å². The van der Waals surface area contributed by atoms with Gasteiger partial charge in [0, 0.05) is 26.2 Å². The molecule has 2 aliphatic rings. The summed E-state index contributed by atoms with van der Waals surface area (Å²) >= 11 is 0. The van der Waals surface area contributed by atoms with Gasteiger partial charge in [0.1, 0.15) is 0 Å². The molecule has 2 saturated carbocycles. The SMILES string of the molecule is CCOC(CCNC(=NC)NC1CC1)C1CCCC1.I. The van der Waals surface area contributed by atoms with Crippen molar-refractivity contribution >= 4 is 29.9 Å². The zero-order valence-electron chi connectivity index (χ0n) is 12.9. The number of nitrogens with one attached hydrogen (secondary N) is 2. The second-order valence-electron chi connectivity index (χ2n) is 5.74. The maximum atomic E-state index is 5.93. The van der Waals surface area contributed by atoms with Crippen molar-refractivity contribution in [1.29, 1.82) is 0 Å². The van der Waals surface area contributed by atoms with Gasteiger partial charge < -0.3 is 15.4 Å². The van der Waals surface area contributed by atoms with E-state index in [0.29, 0.717) is 12.1 Å². The van der Waals surface area contributed by atoms with Crippen LogP contribution < -0.4 is 10.6 Å². The molecule has 1 unspecified atom stereocenters. The number of ether oxygens (including phenoxy) is 1. The summed E-state index contributed by atoms with van der Waals surface area (Å²) < 4.78 is 5.93. The van der Waals surface area contributed by atoms with Gasteiger partial charge in [0.15, 0.2) is 5.96 Å². The predicted molar refractivity (Wildman–Crippen MR) is 94.9 cm³/mol. The Hall–Kier alpha value is -0.0400. The van der Waals surface area contributed by atoms with Gasteiger partial charge >= 0.3 is 0 Å². The average molecular weight is 395 g/mol. The van der Waals surface area contributed by atoms with E-state index in [4.69, 9.17) is 4.74 Å². The predicted octanol–water partition coefficient (Wildman–Crippen LogP) is 2.92. The standard InChI is InChI=1S/C15H29N3O.HI/c1-3-19-14(12-6-4-5-7-12)10-11-17-15(16-2)18-13-8-9-13;/h12-14H,3-11H2,1-2H3,(H2,16,17,18);1H. The lowest BCUT2D eigenvalue weighted by molar-refractivity contribution is 0.0169. The number of guanidine groups is 1. The van der Waals surface area contributed by atoms with Gasteiger partial charge in [-0.1, -0.05) is 12.8 Å². The fourth-order valence-corrected chi connectivity index (χ4v) is 2.95. The van der Waals surface area contributed by atoms with E-state index in [1.54, 1.807) is 0 Å². The number of aliphatic imine (C=N–C) groups is 1. The summed E-state index contributed by atoms with van der Waals surface area (Å²) in [4.78, 5) is 4.26. The molecule has 0 aromatic heterocycles. The fraction of sp³-hybridized carbons (Fsp3) is 0.933. The topological polar surface area (TPSA) is 45.6 Å². The van der Waals surface area contributed by atoms with Crippen LogP contribution in [-0.4, -0.2) is 38.3 Å². The third-order valence-corrected chi connectivity index (χ3v) is 4.17. The molecule has 0 radical (unpaired) electrons. The molecule has 0 amide bonds. The third-order valence-electron chi connectivity index (χ3n) is 4.17. The molecule has 2 fully saturated rings. The van der Waals surface area contributed by atoms with Gasteiger partial charge in [-0.2, -0.15) is 0 Å². The Morgan fingerprint density at radius 1 is 1.25 bits per heavy atom. The van der Waals surface area contributed by atoms with Crippen molar-refractivity contribution in [2.75, 3.05) is 20.2 Å². The quantitative estimate of drug-likeness (QED) is 0.396. The van der Waals surface area contributed by atoms with Crippen LogP contribution in [-0.2, 0) is 4.74 Å². The van der Waals surface area contributed by atoms with Crippen LogP contribution in [0, 0.1) is 5.92 Å². The van der Waals surface area contributed by atoms with E-state index in [9.17, 15) is 0 Å². The molecule has 0 spiro atoms. The van der Waals surface area contributed by atoms with Gasteiger partial charge in [0.25, 0.3) is 0 Å². The molecular weight excluding hydrogens is 365 g/mol. The number of halogens is 1. The summed E-state index contributed by atoms with van der Waals surface area (Å²) in [6, 6.07) is 0.656. The molecule has 118 valence electrons. The minimum atomic E-state index is 0. The van der Waals surface area contributed by atoms with Crippen molar-refractivity contribution in [3.8, 4) is 0 Å². The van der Waals surface area contributed by atoms with Gasteiger partial charge in [0.05, 0.1) is 6.10 Å². The zero-order chi connectivity index (χ0) is 13.5. The monoisotopic (exact) mass is 395 g/mol. The Bertz CT molecular complexity index is 289. The Balaban J connectivity index is 0.00000200. The maximum Gasteiger partial charge on any atom is 0.191 e. The van der Waals surface area contributed by atoms with Crippen molar-refractivity contribution in [3.63, 3.8) is 0 Å². The highest BCUT2D eigenvalue weighted by Crippen LogP contribution is 2.30. The van der Waals surface area contributed by atoms with Crippen molar-refractivity contribution in [2.24, 2.45) is 10.9 Å². The minimum absolute atomic E-state index is 0. The first-order valence-corrected chi connectivity index (χ1v) is 7.92. The molecular formula is C15H30IN3O. The first kappa shape index (κ1) is 18.0. The summed E-state index contributed by atoms with van der Waals surface area (Å²) in [5, 5.41) is 6.83. The molecule has 1 atom stereocenters. The van der Waals surface area contributed by atoms with Crippen LogP contribution in [0.4, 0.5) is 0 Å². The van der Waals surface area contributed by atoms with E-state index >= 15 is 0 Å². The molecule has 5 heteroatoms. The van der Waals surface area contributed by atoms with Crippen molar-refractivity contribution in [3.05, 3.63) is 0 Å². The van der Waals surface area contributed by atoms with Gasteiger partial charge in [-0.05, 0) is 44.9 Å². The lowest BCUT2D eigenvalue weighted by Gasteiger charge is -2.24. The maximum absolute atomic E-state index is 5.93. The largest absolute Gasteiger partial charge is 0.378 e. The summed E-state index contributed by atoms with van der Waals surface area (Å²) in [6.45, 7) is 3.88. The molecule has 0 aliphatic heterocycles. The first-order valence-electron chi connectivity index (χ1n) is 7.92. The smallest absolute Gasteiger partial charge is 0.191 e. The van der Waals surface area contributed by atoms with Crippen LogP contribution in [0.15, 0.2) is 4.99 Å². The van der Waals surface area contributed by atoms with Gasteiger partial charge in [0.2, 0.25) is 0 Å². The Morgan fingerprint density at radius 2 is 1.95 bits per heavy atom. The van der Waals surface area contributed by atoms with E-state index < -0.39 is 0 Å². The van der Waals surface area contributed by atoms with E-state index in [0.717, 1.165) is 31.4 Å². The van der Waals surface area contributed by atoms with Crippen molar-refractivity contribution in [1.82, 2.24) is 10.6 Å². The van der Waals surface area contributed by atoms with E-state index in [1.165, 1.54) is 38.5 Å². The molecule has 0 aromatic carbocycles. The Labute approximate surface area is 140 Å². The Kier molecular flexibility index (Phi) is 8.84. The highest BCUT2D eigenvalue weighted by atomic mass is 127. The molecule has 0 aromatic rings. The lowest BCUT2D eigenvalue weighted by atomic mass is 9.98. The molecule has 2 aliphatic carbocycles. The molecule has 2 N–H and O–H groups in total. The molecule has 0 heterocycles. The highest BCUT2D eigenvalue weighted by molar-refractivity contribution is 14.0. The first-order chi connectivity index (χ1) is 9.33. The number of rotatable bonds is 7. The van der Waals surface area contributed by atoms with Crippen molar-refractivity contribution < 1.29 is 4.74 Å². The summed E-state index contributed by atoms with van der Waals surface area (Å²) in [6.07, 6.45) is 9.54. The van der Waals surface area contributed by atoms with E-state index in [-0.39, 0.29) is 24.0 Å². The van der Waals surface area contributed by atoms with Crippen LogP contribution in [0.1, 0.15) is 51.9 Å². The van der Waals surface area contributed by atoms with E-state index in [1.807, 2.05) is 7.05 Å². The van der Waals surface area contributed by atoms with Gasteiger partial charge in [-0.3, -0.25) is 4.99 Å². The van der Waals surface area contributed by atoms with Crippen LogP contribution >= 0.6 is 24.0 Å². The van der Waals surface area contributed by atoms with E-state index in [2.05, 4.69) is 22.5 Å². The lowest BCUT2D eigenvalue weighted by Crippen LogP contribution is -2.40. The second-order valence-corrected chi connectivity index (χ2v) is 5.74. The Morgan fingerprint density at radius 3 is 2.50 bits per heavy atom. The van der Waals surface area contributed by atoms with Gasteiger partial charge in [-0.25, -0.2) is 0 Å². The molecule has 20 heavy (non-hydrogen) atoms. The number of hydrogen-bond donors (Lipinski definition) is 2. The minimum Gasteiger partial charge on any atom is -0.378 e. The molecule has 0 bridgehead atoms. The third kappa shape index (κ3) is 6.16. The zero-order valence-corrected chi connectivity index (χ0v) is 15.2. The van der Waals surface area contributed by atoms with Crippen molar-refractivity contribution in [2.45, 2.75) is 64.0 Å². The summed E-state index contributed by atoms with van der Waals surface area (Å²) in [5.74, 6) is 1.73. The van der Waals surface area contributed by atoms with Crippen LogP contribution in [0.2, 0.25) is 0 Å². The fourth-order valence-electron chi connectivity index (χ4n) is 2.95. The number of nitrogens with zero attached hydrogens (tertiary/aromatic N) is 1. The number of hydrogen-bond acceptors (Lipinski definition) is 2. The molecule has 4 nitrogen and oxygen atoms in total. The highest BCUT2D eigenvalue weighted by Gasteiger charge is 2.25. The average Bonchev–Trinajstić information content (AvgIpc) is 3.06. The molecule has 0 saturated heterocycles. The summed E-state index contributed by atoms with van der Waals surface area (Å²) in [7, 11) is 1.84. The van der Waals surface area contributed by atoms with Crippen LogP contribution in [0.3, 0.4) is 0 Å². The molecule has 2 rings (SSSR count). The summed E-state index contributed by atoms with van der Waals surface area (Å²) in [5.41, 5.74) is 0. The van der Waals surface area contributed by atoms with Gasteiger partial charge in [-0.15, -0.1) is 24.0 Å². The normalized spacial score (nSPS) is 21.4. The second kappa shape index (κ2) is 9.82.